The van der Waals surface area contributed by atoms with Gasteiger partial charge in [0.15, 0.2) is 0 Å². The second-order valence-electron chi connectivity index (χ2n) is 6.91. The van der Waals surface area contributed by atoms with E-state index in [0.29, 0.717) is 25.4 Å². The zero-order valence-corrected chi connectivity index (χ0v) is 14.8. The van der Waals surface area contributed by atoms with Gasteiger partial charge in [-0.3, -0.25) is 4.79 Å². The molecule has 2 saturated heterocycles. The van der Waals surface area contributed by atoms with Crippen molar-refractivity contribution >= 4 is 15.9 Å². The van der Waals surface area contributed by atoms with Gasteiger partial charge in [-0.25, -0.2) is 8.42 Å². The van der Waals surface area contributed by atoms with E-state index in [-0.39, 0.29) is 35.5 Å². The number of amides is 1. The van der Waals surface area contributed by atoms with Crippen molar-refractivity contribution in [1.82, 2.24) is 9.62 Å². The van der Waals surface area contributed by atoms with Crippen molar-refractivity contribution in [2.24, 2.45) is 11.8 Å². The predicted molar refractivity (Wildman–Crippen MR) is 89.8 cm³/mol. The third-order valence-corrected chi connectivity index (χ3v) is 6.37. The lowest BCUT2D eigenvalue weighted by atomic mass is 9.99. The predicted octanol–water partition coefficient (Wildman–Crippen LogP) is 1.24. The molecule has 2 aliphatic rings. The Morgan fingerprint density at radius 3 is 2.67 bits per heavy atom. The maximum atomic E-state index is 12.8. The minimum atomic E-state index is -3.54. The van der Waals surface area contributed by atoms with Crippen molar-refractivity contribution in [3.05, 3.63) is 30.3 Å². The summed E-state index contributed by atoms with van der Waals surface area (Å²) < 4.78 is 32.8. The molecule has 1 N–H and O–H groups in total. The maximum Gasteiger partial charge on any atom is 0.243 e. The number of rotatable bonds is 5. The van der Waals surface area contributed by atoms with Crippen LogP contribution in [0.4, 0.5) is 0 Å². The highest BCUT2D eigenvalue weighted by Gasteiger charge is 2.47. The second-order valence-corrected chi connectivity index (χ2v) is 8.85. The first-order valence-corrected chi connectivity index (χ1v) is 9.80. The number of carbonyl (C=O) groups is 1. The Morgan fingerprint density at radius 1 is 1.29 bits per heavy atom. The molecular formula is C17H24N2O4S. The quantitative estimate of drug-likeness (QED) is 0.865. The lowest BCUT2D eigenvalue weighted by molar-refractivity contribution is -0.127. The van der Waals surface area contributed by atoms with E-state index in [0.717, 1.165) is 0 Å². The first kappa shape index (κ1) is 17.4. The van der Waals surface area contributed by atoms with E-state index >= 15 is 0 Å². The summed E-state index contributed by atoms with van der Waals surface area (Å²) in [4.78, 5) is 12.6. The van der Waals surface area contributed by atoms with Crippen LogP contribution in [0.1, 0.15) is 20.3 Å². The van der Waals surface area contributed by atoms with Gasteiger partial charge in [0.05, 0.1) is 23.0 Å². The number of nitrogens with zero attached hydrogens (tertiary/aromatic N) is 1. The molecule has 7 heteroatoms. The maximum absolute atomic E-state index is 12.8. The van der Waals surface area contributed by atoms with Crippen molar-refractivity contribution in [3.63, 3.8) is 0 Å². The molecule has 0 spiro atoms. The Kier molecular flexibility index (Phi) is 4.94. The minimum Gasteiger partial charge on any atom is -0.371 e. The van der Waals surface area contributed by atoms with E-state index in [9.17, 15) is 13.2 Å². The molecule has 1 aromatic rings. The Balaban J connectivity index is 1.71. The lowest BCUT2D eigenvalue weighted by Gasteiger charge is -2.32. The molecule has 2 bridgehead atoms. The summed E-state index contributed by atoms with van der Waals surface area (Å²) in [5.41, 5.74) is 0. The van der Waals surface area contributed by atoms with Gasteiger partial charge < -0.3 is 10.1 Å². The summed E-state index contributed by atoms with van der Waals surface area (Å²) in [7, 11) is -3.54. The standard InChI is InChI=1S/C17H24N2O4S/c1-12(2)9-18-17(20)15-8-13-10-19(11-16(15)23-13)24(21,22)14-6-4-3-5-7-14/h3-7,12-13,15-16H,8-11H2,1-2H3,(H,18,20)/t13-,15+,16-/m1/s1. The van der Waals surface area contributed by atoms with Crippen LogP contribution in [0, 0.1) is 11.8 Å². The number of hydrogen-bond donors (Lipinski definition) is 1. The number of sulfonamides is 1. The average molecular weight is 352 g/mol. The van der Waals surface area contributed by atoms with Crippen molar-refractivity contribution in [2.45, 2.75) is 37.4 Å². The highest BCUT2D eigenvalue weighted by molar-refractivity contribution is 7.89. The molecule has 132 valence electrons. The molecule has 24 heavy (non-hydrogen) atoms. The van der Waals surface area contributed by atoms with Crippen LogP contribution in [0.3, 0.4) is 0 Å². The van der Waals surface area contributed by atoms with Crippen molar-refractivity contribution in [1.29, 1.82) is 0 Å². The lowest BCUT2D eigenvalue weighted by Crippen LogP contribution is -2.47. The molecule has 6 nitrogen and oxygen atoms in total. The van der Waals surface area contributed by atoms with E-state index in [1.165, 1.54) is 4.31 Å². The highest BCUT2D eigenvalue weighted by atomic mass is 32.2. The van der Waals surface area contributed by atoms with E-state index in [2.05, 4.69) is 5.32 Å². The number of fused-ring (bicyclic) bond motifs is 2. The van der Waals surface area contributed by atoms with Gasteiger partial charge in [-0.2, -0.15) is 4.31 Å². The summed E-state index contributed by atoms with van der Waals surface area (Å²) in [5.74, 6) is 0.0745. The van der Waals surface area contributed by atoms with E-state index in [4.69, 9.17) is 4.74 Å². The zero-order chi connectivity index (χ0) is 17.3. The average Bonchev–Trinajstić information content (AvgIpc) is 2.87. The summed E-state index contributed by atoms with van der Waals surface area (Å²) >= 11 is 0. The van der Waals surface area contributed by atoms with Crippen LogP contribution in [-0.4, -0.2) is 50.5 Å². The van der Waals surface area contributed by atoms with E-state index in [1.54, 1.807) is 30.3 Å². The van der Waals surface area contributed by atoms with Gasteiger partial charge in [0, 0.05) is 19.6 Å². The van der Waals surface area contributed by atoms with Gasteiger partial charge in [-0.1, -0.05) is 32.0 Å². The zero-order valence-electron chi connectivity index (χ0n) is 14.0. The van der Waals surface area contributed by atoms with Crippen LogP contribution in [-0.2, 0) is 19.6 Å². The monoisotopic (exact) mass is 352 g/mol. The van der Waals surface area contributed by atoms with Crippen molar-refractivity contribution in [2.75, 3.05) is 19.6 Å². The molecule has 0 unspecified atom stereocenters. The Morgan fingerprint density at radius 2 is 2.00 bits per heavy atom. The largest absolute Gasteiger partial charge is 0.371 e. The van der Waals surface area contributed by atoms with Gasteiger partial charge >= 0.3 is 0 Å². The molecule has 1 aromatic carbocycles. The van der Waals surface area contributed by atoms with Crippen molar-refractivity contribution < 1.29 is 17.9 Å². The number of hydrogen-bond acceptors (Lipinski definition) is 4. The van der Waals surface area contributed by atoms with Gasteiger partial charge in [0.25, 0.3) is 0 Å². The van der Waals surface area contributed by atoms with Crippen LogP contribution < -0.4 is 5.32 Å². The highest BCUT2D eigenvalue weighted by Crippen LogP contribution is 2.34. The molecule has 0 aromatic heterocycles. The third-order valence-electron chi connectivity index (χ3n) is 4.53. The van der Waals surface area contributed by atoms with Gasteiger partial charge in [-0.15, -0.1) is 0 Å². The number of benzene rings is 1. The first-order chi connectivity index (χ1) is 11.4. The molecular weight excluding hydrogens is 328 g/mol. The van der Waals surface area contributed by atoms with Crippen LogP contribution in [0.5, 0.6) is 0 Å². The molecule has 2 aliphatic heterocycles. The number of nitrogens with one attached hydrogen (secondary N) is 1. The molecule has 3 atom stereocenters. The second kappa shape index (κ2) is 6.82. The summed E-state index contributed by atoms with van der Waals surface area (Å²) in [5, 5.41) is 2.94. The van der Waals surface area contributed by atoms with Gasteiger partial charge in [-0.05, 0) is 24.5 Å². The fourth-order valence-electron chi connectivity index (χ4n) is 3.27. The topological polar surface area (TPSA) is 75.7 Å². The smallest absolute Gasteiger partial charge is 0.243 e. The number of morpholine rings is 1. The van der Waals surface area contributed by atoms with Crippen LogP contribution in [0.2, 0.25) is 0 Å². The molecule has 0 radical (unpaired) electrons. The normalized spacial score (nSPS) is 27.4. The minimum absolute atomic E-state index is 0.0323. The van der Waals surface area contributed by atoms with Gasteiger partial charge in [0.1, 0.15) is 0 Å². The first-order valence-electron chi connectivity index (χ1n) is 8.36. The number of ether oxygens (including phenoxy) is 1. The Bertz CT molecular complexity index is 690. The van der Waals surface area contributed by atoms with Gasteiger partial charge in [0.2, 0.25) is 15.9 Å². The fourth-order valence-corrected chi connectivity index (χ4v) is 4.78. The molecule has 0 saturated carbocycles. The summed E-state index contributed by atoms with van der Waals surface area (Å²) in [6, 6.07) is 8.41. The SMILES string of the molecule is CC(C)CNC(=O)[C@H]1C[C@@H]2CN(S(=O)(=O)c3ccccc3)C[C@H]1O2. The summed E-state index contributed by atoms with van der Waals surface area (Å²) in [6.07, 6.45) is 0.00140. The van der Waals surface area contributed by atoms with E-state index in [1.807, 2.05) is 13.8 Å². The third kappa shape index (κ3) is 3.48. The van der Waals surface area contributed by atoms with E-state index < -0.39 is 10.0 Å². The molecule has 1 amide bonds. The molecule has 2 heterocycles. The molecule has 2 fully saturated rings. The molecule has 0 aliphatic carbocycles. The van der Waals surface area contributed by atoms with Crippen LogP contribution >= 0.6 is 0 Å². The Hall–Kier alpha value is -1.44. The summed E-state index contributed by atoms with van der Waals surface area (Å²) in [6.45, 7) is 5.24. The van der Waals surface area contributed by atoms with Crippen molar-refractivity contribution in [3.8, 4) is 0 Å². The Labute approximate surface area is 143 Å². The van der Waals surface area contributed by atoms with Crippen LogP contribution in [0.25, 0.3) is 0 Å². The number of carbonyl (C=O) groups excluding carboxylic acids is 1. The molecule has 3 rings (SSSR count). The fraction of sp³-hybridized carbons (Fsp3) is 0.588. The van der Waals surface area contributed by atoms with Crippen LogP contribution in [0.15, 0.2) is 35.2 Å².